The third-order valence-corrected chi connectivity index (χ3v) is 4.69. The average molecular weight is 284 g/mol. The van der Waals surface area contributed by atoms with Crippen LogP contribution in [0.1, 0.15) is 25.7 Å². The van der Waals surface area contributed by atoms with Crippen LogP contribution in [0.25, 0.3) is 0 Å². The van der Waals surface area contributed by atoms with Crippen molar-refractivity contribution >= 4 is 16.1 Å². The van der Waals surface area contributed by atoms with Gasteiger partial charge < -0.3 is 4.74 Å². The summed E-state index contributed by atoms with van der Waals surface area (Å²) in [5.74, 6) is -1.22. The Morgan fingerprint density at radius 2 is 2.00 bits per heavy atom. The Labute approximate surface area is 103 Å². The average Bonchev–Trinajstić information content (AvgIpc) is 2.85. The highest BCUT2D eigenvalue weighted by atomic mass is 32.2. The number of alkyl halides is 2. The predicted molar refractivity (Wildman–Crippen MR) is 56.4 cm³/mol. The largest absolute Gasteiger partial charge is 0.465 e. The van der Waals surface area contributed by atoms with Crippen LogP contribution in [-0.4, -0.2) is 30.8 Å². The van der Waals surface area contributed by atoms with Gasteiger partial charge in [0, 0.05) is 0 Å². The Morgan fingerprint density at radius 3 is 2.44 bits per heavy atom. The minimum absolute atomic E-state index is 0.0323. The maximum absolute atomic E-state index is 12.9. The van der Waals surface area contributed by atoms with Crippen molar-refractivity contribution in [3.8, 4) is 0 Å². The van der Waals surface area contributed by atoms with Crippen molar-refractivity contribution in [2.45, 2.75) is 30.9 Å². The van der Waals surface area contributed by atoms with E-state index in [1.54, 1.807) is 0 Å². The molecule has 0 saturated heterocycles. The zero-order valence-electron chi connectivity index (χ0n) is 9.51. The molecular formula is C10H14F2O5S. The Balaban J connectivity index is 1.89. The van der Waals surface area contributed by atoms with Crippen LogP contribution in [0, 0.1) is 17.8 Å². The molecule has 104 valence electrons. The molecule has 8 heteroatoms. The molecule has 2 aliphatic rings. The van der Waals surface area contributed by atoms with Crippen molar-refractivity contribution in [3.63, 3.8) is 0 Å². The molecule has 0 heterocycles. The molecule has 0 spiro atoms. The molecule has 3 atom stereocenters. The van der Waals surface area contributed by atoms with Gasteiger partial charge in [-0.25, -0.2) is 4.79 Å². The van der Waals surface area contributed by atoms with Crippen molar-refractivity contribution < 1.29 is 31.3 Å². The standard InChI is InChI=1S/C10H14F2O5S/c11-10(12,18(14,15)16)9(13)17-5-8-4-6-1-2-7(8)3-6/h6-8H,1-5H2,(H,14,15,16)/t6?,7-,8?/m1/s1. The molecule has 0 amide bonds. The topological polar surface area (TPSA) is 80.7 Å². The van der Waals surface area contributed by atoms with Gasteiger partial charge in [-0.2, -0.15) is 17.2 Å². The first-order valence-corrected chi connectivity index (χ1v) is 7.18. The molecule has 1 N–H and O–H groups in total. The molecule has 0 radical (unpaired) electrons. The molecule has 0 aromatic rings. The fourth-order valence-electron chi connectivity index (χ4n) is 2.95. The lowest BCUT2D eigenvalue weighted by atomic mass is 9.90. The summed E-state index contributed by atoms with van der Waals surface area (Å²) >= 11 is 0. The predicted octanol–water partition coefficient (Wildman–Crippen LogP) is 1.45. The van der Waals surface area contributed by atoms with Crippen LogP contribution >= 0.6 is 0 Å². The number of esters is 1. The Morgan fingerprint density at radius 1 is 1.33 bits per heavy atom. The number of rotatable bonds is 4. The Kier molecular flexibility index (Phi) is 3.35. The summed E-state index contributed by atoms with van der Waals surface area (Å²) in [5, 5.41) is -4.88. The van der Waals surface area contributed by atoms with Crippen molar-refractivity contribution in [3.05, 3.63) is 0 Å². The van der Waals surface area contributed by atoms with E-state index in [4.69, 9.17) is 4.55 Å². The fraction of sp³-hybridized carbons (Fsp3) is 0.900. The summed E-state index contributed by atoms with van der Waals surface area (Å²) in [6, 6.07) is 0. The van der Waals surface area contributed by atoms with E-state index in [9.17, 15) is 22.0 Å². The minimum Gasteiger partial charge on any atom is -0.460 e. The third kappa shape index (κ3) is 2.35. The lowest BCUT2D eigenvalue weighted by molar-refractivity contribution is -0.163. The highest BCUT2D eigenvalue weighted by Gasteiger charge is 2.54. The van der Waals surface area contributed by atoms with Crippen LogP contribution in [0.5, 0.6) is 0 Å². The molecule has 0 aromatic heterocycles. The van der Waals surface area contributed by atoms with E-state index in [2.05, 4.69) is 4.74 Å². The van der Waals surface area contributed by atoms with Gasteiger partial charge in [-0.15, -0.1) is 0 Å². The molecule has 2 bridgehead atoms. The van der Waals surface area contributed by atoms with Crippen molar-refractivity contribution in [2.75, 3.05) is 6.61 Å². The molecular weight excluding hydrogens is 270 g/mol. The highest BCUT2D eigenvalue weighted by Crippen LogP contribution is 2.48. The van der Waals surface area contributed by atoms with Crippen LogP contribution in [0.2, 0.25) is 0 Å². The maximum atomic E-state index is 12.9. The van der Waals surface area contributed by atoms with E-state index in [0.717, 1.165) is 25.7 Å². The van der Waals surface area contributed by atoms with Gasteiger partial charge in [0.05, 0.1) is 6.61 Å². The first kappa shape index (κ1) is 13.7. The maximum Gasteiger partial charge on any atom is 0.465 e. The zero-order chi connectivity index (χ0) is 13.6. The van der Waals surface area contributed by atoms with Gasteiger partial charge in [-0.1, -0.05) is 6.42 Å². The quantitative estimate of drug-likeness (QED) is 0.624. The van der Waals surface area contributed by atoms with Gasteiger partial charge >= 0.3 is 21.3 Å². The number of hydrogen-bond acceptors (Lipinski definition) is 4. The van der Waals surface area contributed by atoms with Gasteiger partial charge in [0.2, 0.25) is 0 Å². The number of halogens is 2. The van der Waals surface area contributed by atoms with Gasteiger partial charge in [0.1, 0.15) is 0 Å². The summed E-state index contributed by atoms with van der Waals surface area (Å²) in [7, 11) is -5.77. The molecule has 2 rings (SSSR count). The monoisotopic (exact) mass is 284 g/mol. The normalized spacial score (nSPS) is 31.6. The number of carbonyl (C=O) groups excluding carboxylic acids is 1. The number of fused-ring (bicyclic) bond motifs is 2. The summed E-state index contributed by atoms with van der Waals surface area (Å²) in [6.07, 6.45) is 3.98. The molecule has 2 unspecified atom stereocenters. The molecule has 2 fully saturated rings. The molecule has 5 nitrogen and oxygen atoms in total. The molecule has 2 aliphatic carbocycles. The van der Waals surface area contributed by atoms with Crippen molar-refractivity contribution in [1.82, 2.24) is 0 Å². The zero-order valence-corrected chi connectivity index (χ0v) is 10.3. The van der Waals surface area contributed by atoms with E-state index < -0.39 is 21.3 Å². The fourth-order valence-corrected chi connectivity index (χ4v) is 3.22. The van der Waals surface area contributed by atoms with Gasteiger partial charge in [0.25, 0.3) is 0 Å². The first-order valence-electron chi connectivity index (χ1n) is 5.74. The number of carbonyl (C=O) groups is 1. The van der Waals surface area contributed by atoms with E-state index in [-0.39, 0.29) is 12.5 Å². The van der Waals surface area contributed by atoms with E-state index in [1.165, 1.54) is 0 Å². The molecule has 0 aromatic carbocycles. The Bertz CT molecular complexity index is 447. The summed E-state index contributed by atoms with van der Waals surface area (Å²) in [4.78, 5) is 11.0. The summed E-state index contributed by atoms with van der Waals surface area (Å²) in [6.45, 7) is -0.203. The second-order valence-electron chi connectivity index (χ2n) is 5.03. The van der Waals surface area contributed by atoms with Gasteiger partial charge in [-0.3, -0.25) is 4.55 Å². The number of hydrogen-bond donors (Lipinski definition) is 1. The van der Waals surface area contributed by atoms with E-state index in [1.807, 2.05) is 0 Å². The Hall–Kier alpha value is -0.760. The van der Waals surface area contributed by atoms with Crippen LogP contribution in [0.15, 0.2) is 0 Å². The molecule has 2 saturated carbocycles. The van der Waals surface area contributed by atoms with E-state index in [0.29, 0.717) is 11.8 Å². The van der Waals surface area contributed by atoms with Crippen molar-refractivity contribution in [1.29, 1.82) is 0 Å². The smallest absolute Gasteiger partial charge is 0.460 e. The lowest BCUT2D eigenvalue weighted by Gasteiger charge is -2.22. The van der Waals surface area contributed by atoms with Crippen LogP contribution in [-0.2, 0) is 19.6 Å². The van der Waals surface area contributed by atoms with Crippen LogP contribution in [0.3, 0.4) is 0 Å². The summed E-state index contributed by atoms with van der Waals surface area (Å²) < 4.78 is 59.0. The van der Waals surface area contributed by atoms with Crippen molar-refractivity contribution in [2.24, 2.45) is 17.8 Å². The van der Waals surface area contributed by atoms with Gasteiger partial charge in [0.15, 0.2) is 0 Å². The molecule has 18 heavy (non-hydrogen) atoms. The second-order valence-corrected chi connectivity index (χ2v) is 6.49. The summed E-state index contributed by atoms with van der Waals surface area (Å²) in [5.41, 5.74) is 0. The first-order chi connectivity index (χ1) is 8.22. The molecule has 0 aliphatic heterocycles. The SMILES string of the molecule is O=C(OCC1CC2CC[C@@H]1C2)C(F)(F)S(=O)(=O)O. The lowest BCUT2D eigenvalue weighted by Crippen LogP contribution is -2.39. The highest BCUT2D eigenvalue weighted by molar-refractivity contribution is 7.87. The second kappa shape index (κ2) is 4.41. The number of ether oxygens (including phenoxy) is 1. The van der Waals surface area contributed by atoms with Gasteiger partial charge in [-0.05, 0) is 37.0 Å². The third-order valence-electron chi connectivity index (χ3n) is 3.87. The van der Waals surface area contributed by atoms with Crippen LogP contribution in [0.4, 0.5) is 8.78 Å². The van der Waals surface area contributed by atoms with Crippen LogP contribution < -0.4 is 0 Å². The van der Waals surface area contributed by atoms with E-state index >= 15 is 0 Å². The minimum atomic E-state index is -5.77.